The molecule has 0 saturated heterocycles. The van der Waals surface area contributed by atoms with Crippen LogP contribution in [0.2, 0.25) is 0 Å². The zero-order valence-electron chi connectivity index (χ0n) is 10.4. The van der Waals surface area contributed by atoms with Crippen molar-refractivity contribution in [3.63, 3.8) is 0 Å². The minimum atomic E-state index is -0.320. The minimum Gasteiger partial charge on any atom is -0.395 e. The molecular formula is C13H18FNO2. The number of hydrogen-bond acceptors (Lipinski definition) is 2. The van der Waals surface area contributed by atoms with Crippen molar-refractivity contribution in [3.8, 4) is 0 Å². The van der Waals surface area contributed by atoms with Gasteiger partial charge in [0.25, 0.3) is 5.91 Å². The average molecular weight is 239 g/mol. The van der Waals surface area contributed by atoms with Gasteiger partial charge in [-0.1, -0.05) is 0 Å². The number of carbonyl (C=O) groups excluding carboxylic acids is 1. The first-order valence-corrected chi connectivity index (χ1v) is 5.65. The molecular weight excluding hydrogens is 221 g/mol. The summed E-state index contributed by atoms with van der Waals surface area (Å²) in [5.41, 5.74) is 0.898. The normalized spacial score (nSPS) is 10.7. The van der Waals surface area contributed by atoms with Crippen LogP contribution in [0.15, 0.2) is 18.2 Å². The first-order chi connectivity index (χ1) is 7.97. The summed E-state index contributed by atoms with van der Waals surface area (Å²) in [4.78, 5) is 13.7. The lowest BCUT2D eigenvalue weighted by atomic mass is 10.1. The van der Waals surface area contributed by atoms with E-state index in [0.29, 0.717) is 11.1 Å². The molecule has 0 fully saturated rings. The third-order valence-electron chi connectivity index (χ3n) is 2.63. The second-order valence-electron chi connectivity index (χ2n) is 4.28. The molecule has 1 N–H and O–H groups in total. The SMILES string of the molecule is Cc1cc(C(=O)N(CCO)C(C)C)ccc1F. The number of aryl methyl sites for hydroxylation is 1. The van der Waals surface area contributed by atoms with Gasteiger partial charge in [-0.15, -0.1) is 0 Å². The van der Waals surface area contributed by atoms with Crippen LogP contribution in [0, 0.1) is 12.7 Å². The lowest BCUT2D eigenvalue weighted by Crippen LogP contribution is -2.39. The van der Waals surface area contributed by atoms with Gasteiger partial charge >= 0.3 is 0 Å². The van der Waals surface area contributed by atoms with Crippen molar-refractivity contribution in [2.75, 3.05) is 13.2 Å². The van der Waals surface area contributed by atoms with E-state index < -0.39 is 0 Å². The highest BCUT2D eigenvalue weighted by Crippen LogP contribution is 2.13. The first kappa shape index (κ1) is 13.6. The Kier molecular flexibility index (Phi) is 4.63. The average Bonchev–Trinajstić information content (AvgIpc) is 2.28. The molecule has 0 heterocycles. The number of carbonyl (C=O) groups is 1. The minimum absolute atomic E-state index is 0.00000850. The zero-order valence-corrected chi connectivity index (χ0v) is 10.4. The van der Waals surface area contributed by atoms with Crippen LogP contribution in [-0.2, 0) is 0 Å². The van der Waals surface area contributed by atoms with Gasteiger partial charge in [-0.3, -0.25) is 4.79 Å². The van der Waals surface area contributed by atoms with Gasteiger partial charge in [-0.25, -0.2) is 4.39 Å². The van der Waals surface area contributed by atoms with Crippen LogP contribution >= 0.6 is 0 Å². The molecule has 0 radical (unpaired) electrons. The van der Waals surface area contributed by atoms with E-state index in [-0.39, 0.29) is 30.9 Å². The van der Waals surface area contributed by atoms with Gasteiger partial charge < -0.3 is 10.0 Å². The highest BCUT2D eigenvalue weighted by atomic mass is 19.1. The molecule has 0 unspecified atom stereocenters. The Morgan fingerprint density at radius 1 is 1.47 bits per heavy atom. The number of amides is 1. The summed E-state index contributed by atoms with van der Waals surface area (Å²) in [6.45, 7) is 5.59. The van der Waals surface area contributed by atoms with E-state index in [4.69, 9.17) is 5.11 Å². The standard InChI is InChI=1S/C13H18FNO2/c1-9(2)15(6-7-16)13(17)11-4-5-12(14)10(3)8-11/h4-5,8-9,16H,6-7H2,1-3H3. The molecule has 17 heavy (non-hydrogen) atoms. The van der Waals surface area contributed by atoms with Crippen LogP contribution in [0.5, 0.6) is 0 Å². The fourth-order valence-electron chi connectivity index (χ4n) is 1.65. The number of aliphatic hydroxyl groups excluding tert-OH is 1. The van der Waals surface area contributed by atoms with Crippen LogP contribution in [0.3, 0.4) is 0 Å². The maximum atomic E-state index is 13.1. The van der Waals surface area contributed by atoms with Gasteiger partial charge in [0.2, 0.25) is 0 Å². The van der Waals surface area contributed by atoms with Gasteiger partial charge in [0, 0.05) is 18.2 Å². The monoisotopic (exact) mass is 239 g/mol. The molecule has 0 aliphatic heterocycles. The molecule has 1 aromatic rings. The van der Waals surface area contributed by atoms with E-state index in [1.165, 1.54) is 18.2 Å². The van der Waals surface area contributed by atoms with Crippen molar-refractivity contribution in [1.82, 2.24) is 4.90 Å². The molecule has 0 bridgehead atoms. The van der Waals surface area contributed by atoms with E-state index in [9.17, 15) is 9.18 Å². The number of halogens is 1. The molecule has 1 rings (SSSR count). The number of hydrogen-bond donors (Lipinski definition) is 1. The number of benzene rings is 1. The molecule has 0 saturated carbocycles. The van der Waals surface area contributed by atoms with Gasteiger partial charge in [0.15, 0.2) is 0 Å². The first-order valence-electron chi connectivity index (χ1n) is 5.65. The van der Waals surface area contributed by atoms with Crippen LogP contribution in [0.1, 0.15) is 29.8 Å². The zero-order chi connectivity index (χ0) is 13.0. The van der Waals surface area contributed by atoms with Crippen LogP contribution < -0.4 is 0 Å². The Balaban J connectivity index is 2.97. The molecule has 94 valence electrons. The van der Waals surface area contributed by atoms with Crippen molar-refractivity contribution >= 4 is 5.91 Å². The molecule has 1 amide bonds. The molecule has 0 aliphatic carbocycles. The highest BCUT2D eigenvalue weighted by Gasteiger charge is 2.18. The summed E-state index contributed by atoms with van der Waals surface area (Å²) >= 11 is 0. The molecule has 3 nitrogen and oxygen atoms in total. The number of aliphatic hydroxyl groups is 1. The Labute approximate surface area is 101 Å². The largest absolute Gasteiger partial charge is 0.395 e. The van der Waals surface area contributed by atoms with E-state index in [0.717, 1.165) is 0 Å². The van der Waals surface area contributed by atoms with Crippen LogP contribution in [0.4, 0.5) is 4.39 Å². The van der Waals surface area contributed by atoms with E-state index in [2.05, 4.69) is 0 Å². The maximum Gasteiger partial charge on any atom is 0.254 e. The fourth-order valence-corrected chi connectivity index (χ4v) is 1.65. The number of rotatable bonds is 4. The fraction of sp³-hybridized carbons (Fsp3) is 0.462. The molecule has 1 aromatic carbocycles. The Bertz CT molecular complexity index is 404. The molecule has 0 aliphatic rings. The number of nitrogens with zero attached hydrogens (tertiary/aromatic N) is 1. The lowest BCUT2D eigenvalue weighted by Gasteiger charge is -2.26. The molecule has 0 atom stereocenters. The molecule has 4 heteroatoms. The summed E-state index contributed by atoms with van der Waals surface area (Å²) in [6, 6.07) is 4.29. The molecule has 0 spiro atoms. The summed E-state index contributed by atoms with van der Waals surface area (Å²) in [5.74, 6) is -0.503. The quantitative estimate of drug-likeness (QED) is 0.872. The van der Waals surface area contributed by atoms with E-state index >= 15 is 0 Å². The van der Waals surface area contributed by atoms with Gasteiger partial charge in [-0.05, 0) is 44.5 Å². The van der Waals surface area contributed by atoms with Crippen LogP contribution in [0.25, 0.3) is 0 Å². The van der Waals surface area contributed by atoms with Gasteiger partial charge in [0.05, 0.1) is 6.61 Å². The van der Waals surface area contributed by atoms with Crippen LogP contribution in [-0.4, -0.2) is 35.1 Å². The topological polar surface area (TPSA) is 40.5 Å². The lowest BCUT2D eigenvalue weighted by molar-refractivity contribution is 0.0665. The summed E-state index contributed by atoms with van der Waals surface area (Å²) in [5, 5.41) is 8.93. The molecule has 0 aromatic heterocycles. The van der Waals surface area contributed by atoms with Crippen molar-refractivity contribution in [2.45, 2.75) is 26.8 Å². The van der Waals surface area contributed by atoms with Crippen molar-refractivity contribution in [1.29, 1.82) is 0 Å². The van der Waals surface area contributed by atoms with E-state index in [1.807, 2.05) is 13.8 Å². The third-order valence-corrected chi connectivity index (χ3v) is 2.63. The Morgan fingerprint density at radius 2 is 2.12 bits per heavy atom. The third kappa shape index (κ3) is 3.27. The summed E-state index contributed by atoms with van der Waals surface area (Å²) < 4.78 is 13.1. The van der Waals surface area contributed by atoms with E-state index in [1.54, 1.807) is 11.8 Å². The smallest absolute Gasteiger partial charge is 0.254 e. The maximum absolute atomic E-state index is 13.1. The predicted octanol–water partition coefficient (Wildman–Crippen LogP) is 1.98. The van der Waals surface area contributed by atoms with Gasteiger partial charge in [0.1, 0.15) is 5.82 Å². The highest BCUT2D eigenvalue weighted by molar-refractivity contribution is 5.94. The predicted molar refractivity (Wildman–Crippen MR) is 64.4 cm³/mol. The second-order valence-corrected chi connectivity index (χ2v) is 4.28. The Hall–Kier alpha value is -1.42. The Morgan fingerprint density at radius 3 is 2.59 bits per heavy atom. The second kappa shape index (κ2) is 5.77. The van der Waals surface area contributed by atoms with Crippen molar-refractivity contribution in [3.05, 3.63) is 35.1 Å². The van der Waals surface area contributed by atoms with Crippen molar-refractivity contribution in [2.24, 2.45) is 0 Å². The summed E-state index contributed by atoms with van der Waals surface area (Å²) in [7, 11) is 0. The van der Waals surface area contributed by atoms with Gasteiger partial charge in [-0.2, -0.15) is 0 Å². The summed E-state index contributed by atoms with van der Waals surface area (Å²) in [6.07, 6.45) is 0. The van der Waals surface area contributed by atoms with Crippen molar-refractivity contribution < 1.29 is 14.3 Å².